The number of carbonyl (C=O) groups excluding carboxylic acids is 1. The van der Waals surface area contributed by atoms with Crippen molar-refractivity contribution in [2.75, 3.05) is 6.54 Å². The van der Waals surface area contributed by atoms with Crippen molar-refractivity contribution in [3.05, 3.63) is 66.1 Å². The number of benzene rings is 1. The summed E-state index contributed by atoms with van der Waals surface area (Å²) in [5.41, 5.74) is 3.11. The van der Waals surface area contributed by atoms with E-state index in [-0.39, 0.29) is 5.91 Å². The summed E-state index contributed by atoms with van der Waals surface area (Å²) in [6, 6.07) is 11.7. The number of hydrogen-bond acceptors (Lipinski definition) is 2. The molecule has 3 rings (SSSR count). The van der Waals surface area contributed by atoms with Gasteiger partial charge in [-0.2, -0.15) is 0 Å². The first-order valence-electron chi connectivity index (χ1n) is 7.08. The van der Waals surface area contributed by atoms with E-state index in [1.165, 1.54) is 10.9 Å². The Labute approximate surface area is 123 Å². The fraction of sp³-hybridized carbons (Fsp3) is 0.176. The number of aryl methyl sites for hydroxylation is 1. The highest BCUT2D eigenvalue weighted by Crippen LogP contribution is 2.18. The van der Waals surface area contributed by atoms with Crippen LogP contribution in [0, 0.1) is 0 Å². The number of hydrogen-bond donors (Lipinski definition) is 2. The number of fused-ring (bicyclic) bond motifs is 1. The minimum absolute atomic E-state index is 0.0451. The standard InChI is InChI=1S/C17H17N3O/c21-17(13-7-10-18-11-8-13)19-9-3-4-14-12-20-16-6-2-1-5-15(14)16/h1-2,5-8,10-12,20H,3-4,9H2,(H,19,21). The molecule has 0 aliphatic carbocycles. The zero-order valence-electron chi connectivity index (χ0n) is 11.7. The molecule has 0 spiro atoms. The highest BCUT2D eigenvalue weighted by atomic mass is 16.1. The number of H-pyrrole nitrogens is 1. The lowest BCUT2D eigenvalue weighted by Gasteiger charge is -2.04. The Balaban J connectivity index is 1.52. The van der Waals surface area contributed by atoms with Gasteiger partial charge in [-0.05, 0) is 36.6 Å². The van der Waals surface area contributed by atoms with E-state index in [1.807, 2.05) is 12.1 Å². The molecule has 21 heavy (non-hydrogen) atoms. The summed E-state index contributed by atoms with van der Waals surface area (Å²) in [5.74, 6) is -0.0451. The van der Waals surface area contributed by atoms with Crippen LogP contribution in [0.15, 0.2) is 55.0 Å². The van der Waals surface area contributed by atoms with Crippen LogP contribution >= 0.6 is 0 Å². The largest absolute Gasteiger partial charge is 0.361 e. The van der Waals surface area contributed by atoms with Crippen molar-refractivity contribution in [1.82, 2.24) is 15.3 Å². The molecule has 2 aromatic heterocycles. The quantitative estimate of drug-likeness (QED) is 0.705. The Morgan fingerprint density at radius 1 is 1.14 bits per heavy atom. The predicted octanol–water partition coefficient (Wildman–Crippen LogP) is 2.93. The maximum absolute atomic E-state index is 11.9. The Morgan fingerprint density at radius 2 is 1.95 bits per heavy atom. The molecule has 106 valence electrons. The SMILES string of the molecule is O=C(NCCCc1c[nH]c2ccccc12)c1ccncc1. The summed E-state index contributed by atoms with van der Waals surface area (Å²) < 4.78 is 0. The third-order valence-corrected chi connectivity index (χ3v) is 3.53. The van der Waals surface area contributed by atoms with Crippen molar-refractivity contribution < 1.29 is 4.79 Å². The second kappa shape index (κ2) is 6.22. The molecule has 0 fully saturated rings. The Kier molecular flexibility index (Phi) is 3.96. The Bertz CT molecular complexity index is 734. The van der Waals surface area contributed by atoms with Gasteiger partial charge in [-0.25, -0.2) is 0 Å². The normalized spacial score (nSPS) is 10.7. The number of rotatable bonds is 5. The molecule has 0 radical (unpaired) electrons. The molecule has 4 nitrogen and oxygen atoms in total. The summed E-state index contributed by atoms with van der Waals surface area (Å²) in [7, 11) is 0. The monoisotopic (exact) mass is 279 g/mol. The fourth-order valence-electron chi connectivity index (χ4n) is 2.42. The summed E-state index contributed by atoms with van der Waals surface area (Å²) in [4.78, 5) is 19.0. The van der Waals surface area contributed by atoms with Crippen molar-refractivity contribution in [1.29, 1.82) is 0 Å². The van der Waals surface area contributed by atoms with Crippen LogP contribution < -0.4 is 5.32 Å². The Hall–Kier alpha value is -2.62. The van der Waals surface area contributed by atoms with Crippen molar-refractivity contribution in [3.8, 4) is 0 Å². The average Bonchev–Trinajstić information content (AvgIpc) is 2.95. The average molecular weight is 279 g/mol. The van der Waals surface area contributed by atoms with Gasteiger partial charge in [0.25, 0.3) is 5.91 Å². The number of aromatic amines is 1. The maximum atomic E-state index is 11.9. The van der Waals surface area contributed by atoms with Crippen molar-refractivity contribution in [3.63, 3.8) is 0 Å². The van der Waals surface area contributed by atoms with Gasteiger partial charge in [0.2, 0.25) is 0 Å². The molecule has 3 aromatic rings. The number of para-hydroxylation sites is 1. The molecule has 4 heteroatoms. The predicted molar refractivity (Wildman–Crippen MR) is 83.2 cm³/mol. The first-order chi connectivity index (χ1) is 10.3. The Morgan fingerprint density at radius 3 is 2.81 bits per heavy atom. The number of pyridine rings is 1. The van der Waals surface area contributed by atoms with Crippen LogP contribution in [0.5, 0.6) is 0 Å². The summed E-state index contributed by atoms with van der Waals surface area (Å²) in [6.45, 7) is 0.667. The van der Waals surface area contributed by atoms with Crippen LogP contribution in [0.3, 0.4) is 0 Å². The van der Waals surface area contributed by atoms with Gasteiger partial charge in [0.1, 0.15) is 0 Å². The molecule has 1 aromatic carbocycles. The first-order valence-corrected chi connectivity index (χ1v) is 7.08. The van der Waals surface area contributed by atoms with Gasteiger partial charge in [-0.3, -0.25) is 9.78 Å². The zero-order chi connectivity index (χ0) is 14.5. The van der Waals surface area contributed by atoms with E-state index in [2.05, 4.69) is 33.6 Å². The zero-order valence-corrected chi connectivity index (χ0v) is 11.7. The van der Waals surface area contributed by atoms with E-state index in [9.17, 15) is 4.79 Å². The summed E-state index contributed by atoms with van der Waals surface area (Å²) in [5, 5.41) is 4.19. The third-order valence-electron chi connectivity index (χ3n) is 3.53. The lowest BCUT2D eigenvalue weighted by molar-refractivity contribution is 0.0953. The van der Waals surface area contributed by atoms with Crippen LogP contribution in [0.25, 0.3) is 10.9 Å². The number of amides is 1. The maximum Gasteiger partial charge on any atom is 0.251 e. The molecule has 0 unspecified atom stereocenters. The van der Waals surface area contributed by atoms with E-state index < -0.39 is 0 Å². The van der Waals surface area contributed by atoms with E-state index in [1.54, 1.807) is 24.5 Å². The molecule has 0 aliphatic heterocycles. The van der Waals surface area contributed by atoms with Gasteiger partial charge in [-0.1, -0.05) is 18.2 Å². The molecule has 0 atom stereocenters. The van der Waals surface area contributed by atoms with Crippen LogP contribution in [0.2, 0.25) is 0 Å². The molecular weight excluding hydrogens is 262 g/mol. The second-order valence-corrected chi connectivity index (χ2v) is 4.95. The smallest absolute Gasteiger partial charge is 0.251 e. The van der Waals surface area contributed by atoms with E-state index >= 15 is 0 Å². The van der Waals surface area contributed by atoms with E-state index in [0.717, 1.165) is 18.4 Å². The van der Waals surface area contributed by atoms with E-state index in [4.69, 9.17) is 0 Å². The van der Waals surface area contributed by atoms with Gasteiger partial charge in [0, 0.05) is 41.6 Å². The van der Waals surface area contributed by atoms with Crippen molar-refractivity contribution >= 4 is 16.8 Å². The molecule has 0 aliphatic rings. The number of nitrogens with zero attached hydrogens (tertiary/aromatic N) is 1. The van der Waals surface area contributed by atoms with Crippen molar-refractivity contribution in [2.45, 2.75) is 12.8 Å². The minimum Gasteiger partial charge on any atom is -0.361 e. The number of carbonyl (C=O) groups is 1. The van der Waals surface area contributed by atoms with Crippen LogP contribution in [-0.4, -0.2) is 22.4 Å². The van der Waals surface area contributed by atoms with Gasteiger partial charge in [-0.15, -0.1) is 0 Å². The molecule has 2 N–H and O–H groups in total. The molecule has 0 bridgehead atoms. The number of aromatic nitrogens is 2. The highest BCUT2D eigenvalue weighted by Gasteiger charge is 2.05. The van der Waals surface area contributed by atoms with Gasteiger partial charge in [0.15, 0.2) is 0 Å². The van der Waals surface area contributed by atoms with Gasteiger partial charge in [0.05, 0.1) is 0 Å². The number of nitrogens with one attached hydrogen (secondary N) is 2. The van der Waals surface area contributed by atoms with Crippen molar-refractivity contribution in [2.24, 2.45) is 0 Å². The van der Waals surface area contributed by atoms with Crippen LogP contribution in [-0.2, 0) is 6.42 Å². The highest BCUT2D eigenvalue weighted by molar-refractivity contribution is 5.93. The molecule has 0 saturated heterocycles. The fourth-order valence-corrected chi connectivity index (χ4v) is 2.42. The minimum atomic E-state index is -0.0451. The molecular formula is C17H17N3O. The lowest BCUT2D eigenvalue weighted by Crippen LogP contribution is -2.24. The summed E-state index contributed by atoms with van der Waals surface area (Å²) >= 11 is 0. The first kappa shape index (κ1) is 13.4. The third kappa shape index (κ3) is 3.11. The molecule has 0 saturated carbocycles. The molecule has 2 heterocycles. The molecule has 1 amide bonds. The lowest BCUT2D eigenvalue weighted by atomic mass is 10.1. The topological polar surface area (TPSA) is 57.8 Å². The van der Waals surface area contributed by atoms with Crippen LogP contribution in [0.4, 0.5) is 0 Å². The van der Waals surface area contributed by atoms with Gasteiger partial charge < -0.3 is 10.3 Å². The van der Waals surface area contributed by atoms with Crippen LogP contribution in [0.1, 0.15) is 22.3 Å². The second-order valence-electron chi connectivity index (χ2n) is 4.95. The van der Waals surface area contributed by atoms with Gasteiger partial charge >= 0.3 is 0 Å². The van der Waals surface area contributed by atoms with E-state index in [0.29, 0.717) is 12.1 Å². The summed E-state index contributed by atoms with van der Waals surface area (Å²) in [6.07, 6.45) is 7.16.